The van der Waals surface area contributed by atoms with Crippen LogP contribution in [-0.4, -0.2) is 31.1 Å². The minimum Gasteiger partial charge on any atom is -0.392 e. The molecule has 2 unspecified atom stereocenters. The maximum Gasteiger partial charge on any atom is 0.150 e. The molecule has 1 N–H and O–H groups in total. The molecule has 0 saturated heterocycles. The third kappa shape index (κ3) is 3.83. The Morgan fingerprint density at radius 1 is 1.35 bits per heavy atom. The largest absolute Gasteiger partial charge is 0.392 e. The molecule has 1 aromatic rings. The normalized spacial score (nSPS) is 20.4. The van der Waals surface area contributed by atoms with Crippen LogP contribution < -0.4 is 0 Å². The lowest BCUT2D eigenvalue weighted by molar-refractivity contribution is 0.124. The Morgan fingerprint density at radius 2 is 2.10 bits per heavy atom. The molecule has 2 rings (SSSR count). The number of benzene rings is 1. The smallest absolute Gasteiger partial charge is 0.150 e. The number of hydrogen-bond donors (Lipinski definition) is 1. The number of fused-ring (bicyclic) bond motifs is 1. The maximum absolute atomic E-state index is 11.5. The summed E-state index contributed by atoms with van der Waals surface area (Å²) in [7, 11) is -2.92. The van der Waals surface area contributed by atoms with Gasteiger partial charge in [0.2, 0.25) is 0 Å². The summed E-state index contributed by atoms with van der Waals surface area (Å²) >= 11 is 0. The van der Waals surface area contributed by atoms with Gasteiger partial charge in [-0.1, -0.05) is 31.2 Å². The number of aliphatic hydroxyl groups is 1. The lowest BCUT2D eigenvalue weighted by Crippen LogP contribution is -2.23. The van der Waals surface area contributed by atoms with Crippen molar-refractivity contribution in [1.82, 2.24) is 0 Å². The Bertz CT molecular complexity index is 536. The van der Waals surface area contributed by atoms with Crippen molar-refractivity contribution in [2.75, 3.05) is 11.5 Å². The molecule has 1 aliphatic carbocycles. The molecule has 0 radical (unpaired) electrons. The van der Waals surface area contributed by atoms with Gasteiger partial charge in [0, 0.05) is 11.7 Å². The second-order valence-corrected chi connectivity index (χ2v) is 8.12. The van der Waals surface area contributed by atoms with Crippen LogP contribution in [0.3, 0.4) is 0 Å². The molecule has 0 fully saturated rings. The molecule has 112 valence electrons. The summed E-state index contributed by atoms with van der Waals surface area (Å²) in [5.74, 6) is 0.550. The molecule has 0 heterocycles. The van der Waals surface area contributed by atoms with Crippen LogP contribution in [0.2, 0.25) is 0 Å². The highest BCUT2D eigenvalue weighted by molar-refractivity contribution is 7.91. The highest BCUT2D eigenvalue weighted by Crippen LogP contribution is 2.35. The lowest BCUT2D eigenvalue weighted by Gasteiger charge is -2.29. The van der Waals surface area contributed by atoms with E-state index in [0.29, 0.717) is 12.8 Å². The van der Waals surface area contributed by atoms with Gasteiger partial charge in [-0.15, -0.1) is 0 Å². The van der Waals surface area contributed by atoms with Crippen molar-refractivity contribution in [3.63, 3.8) is 0 Å². The second-order valence-electron chi connectivity index (χ2n) is 5.64. The van der Waals surface area contributed by atoms with E-state index in [9.17, 15) is 13.5 Å². The van der Waals surface area contributed by atoms with Crippen molar-refractivity contribution in [3.05, 3.63) is 35.4 Å². The minimum atomic E-state index is -2.92. The van der Waals surface area contributed by atoms with Crippen LogP contribution in [0.4, 0.5) is 0 Å². The average molecular weight is 296 g/mol. The molecule has 0 amide bonds. The zero-order valence-corrected chi connectivity index (χ0v) is 12.9. The number of aliphatic hydroxyl groups excluding tert-OH is 1. The van der Waals surface area contributed by atoms with Gasteiger partial charge in [0.1, 0.15) is 9.84 Å². The van der Waals surface area contributed by atoms with E-state index >= 15 is 0 Å². The van der Waals surface area contributed by atoms with Crippen molar-refractivity contribution in [2.24, 2.45) is 0 Å². The van der Waals surface area contributed by atoms with E-state index in [1.54, 1.807) is 6.92 Å². The fourth-order valence-corrected chi connectivity index (χ4v) is 3.94. The van der Waals surface area contributed by atoms with Crippen molar-refractivity contribution < 1.29 is 13.5 Å². The third-order valence-electron chi connectivity index (χ3n) is 4.28. The average Bonchev–Trinajstić information content (AvgIpc) is 2.46. The minimum absolute atomic E-state index is 0.171. The summed E-state index contributed by atoms with van der Waals surface area (Å²) in [5, 5.41) is 10.4. The number of rotatable bonds is 6. The Hall–Kier alpha value is -0.870. The van der Waals surface area contributed by atoms with E-state index in [0.717, 1.165) is 19.3 Å². The molecule has 1 aliphatic rings. The van der Waals surface area contributed by atoms with Gasteiger partial charge in [-0.2, -0.15) is 0 Å². The van der Waals surface area contributed by atoms with E-state index in [4.69, 9.17) is 0 Å². The number of sulfone groups is 1. The summed E-state index contributed by atoms with van der Waals surface area (Å²) in [4.78, 5) is 0. The Balaban J connectivity index is 1.95. The summed E-state index contributed by atoms with van der Waals surface area (Å²) in [6.45, 7) is 1.67. The number of hydrogen-bond acceptors (Lipinski definition) is 3. The van der Waals surface area contributed by atoms with Crippen molar-refractivity contribution in [3.8, 4) is 0 Å². The zero-order valence-electron chi connectivity index (χ0n) is 12.1. The molecule has 0 saturated carbocycles. The van der Waals surface area contributed by atoms with Crippen LogP contribution in [0.25, 0.3) is 0 Å². The van der Waals surface area contributed by atoms with Crippen molar-refractivity contribution >= 4 is 9.84 Å². The van der Waals surface area contributed by atoms with E-state index in [1.807, 2.05) is 12.1 Å². The first-order valence-corrected chi connectivity index (χ1v) is 9.32. The van der Waals surface area contributed by atoms with Gasteiger partial charge in [0.15, 0.2) is 0 Å². The Kier molecular flexibility index (Phi) is 5.22. The molecule has 3 nitrogen and oxygen atoms in total. The SMILES string of the molecule is CCS(=O)(=O)CCCC(O)C1CCCc2ccccc21. The molecular formula is C16H24O3S. The van der Waals surface area contributed by atoms with Crippen molar-refractivity contribution in [1.29, 1.82) is 0 Å². The molecule has 0 bridgehead atoms. The van der Waals surface area contributed by atoms with Crippen LogP contribution in [0.1, 0.15) is 49.7 Å². The van der Waals surface area contributed by atoms with Crippen LogP contribution in [-0.2, 0) is 16.3 Å². The molecule has 0 aromatic heterocycles. The number of aryl methyl sites for hydroxylation is 1. The van der Waals surface area contributed by atoms with E-state index < -0.39 is 15.9 Å². The standard InChI is InChI=1S/C16H24O3S/c1-2-20(18,19)12-6-11-16(17)15-10-5-8-13-7-3-4-9-14(13)15/h3-4,7,9,15-17H,2,5-6,8,10-12H2,1H3. The summed E-state index contributed by atoms with van der Waals surface area (Å²) in [5.41, 5.74) is 2.59. The first-order valence-electron chi connectivity index (χ1n) is 7.50. The highest BCUT2D eigenvalue weighted by atomic mass is 32.2. The summed E-state index contributed by atoms with van der Waals surface area (Å²) in [6, 6.07) is 8.30. The molecule has 1 aromatic carbocycles. The molecule has 0 aliphatic heterocycles. The Morgan fingerprint density at radius 3 is 2.85 bits per heavy atom. The first-order chi connectivity index (χ1) is 9.53. The fraction of sp³-hybridized carbons (Fsp3) is 0.625. The predicted molar refractivity (Wildman–Crippen MR) is 81.7 cm³/mol. The van der Waals surface area contributed by atoms with Gasteiger partial charge >= 0.3 is 0 Å². The van der Waals surface area contributed by atoms with E-state index in [1.165, 1.54) is 11.1 Å². The van der Waals surface area contributed by atoms with Crippen LogP contribution in [0, 0.1) is 0 Å². The molecular weight excluding hydrogens is 272 g/mol. The quantitative estimate of drug-likeness (QED) is 0.878. The van der Waals surface area contributed by atoms with Gasteiger partial charge in [-0.3, -0.25) is 0 Å². The van der Waals surface area contributed by atoms with Gasteiger partial charge < -0.3 is 5.11 Å². The van der Waals surface area contributed by atoms with Gasteiger partial charge in [-0.25, -0.2) is 8.42 Å². The van der Waals surface area contributed by atoms with E-state index in [-0.39, 0.29) is 17.4 Å². The Labute approximate surface area is 121 Å². The maximum atomic E-state index is 11.5. The molecule has 20 heavy (non-hydrogen) atoms. The summed E-state index contributed by atoms with van der Waals surface area (Å²) in [6.07, 6.45) is 3.88. The molecule has 2 atom stereocenters. The van der Waals surface area contributed by atoms with Crippen LogP contribution in [0.5, 0.6) is 0 Å². The first kappa shape index (κ1) is 15.5. The zero-order chi connectivity index (χ0) is 14.6. The van der Waals surface area contributed by atoms with Crippen LogP contribution in [0.15, 0.2) is 24.3 Å². The molecule has 4 heteroatoms. The third-order valence-corrected chi connectivity index (χ3v) is 6.07. The fourth-order valence-electron chi connectivity index (χ4n) is 3.05. The predicted octanol–water partition coefficient (Wildman–Crippen LogP) is 2.68. The van der Waals surface area contributed by atoms with Crippen LogP contribution >= 0.6 is 0 Å². The van der Waals surface area contributed by atoms with Crippen molar-refractivity contribution in [2.45, 2.75) is 51.0 Å². The molecule has 0 spiro atoms. The van der Waals surface area contributed by atoms with Gasteiger partial charge in [0.25, 0.3) is 0 Å². The van der Waals surface area contributed by atoms with Gasteiger partial charge in [0.05, 0.1) is 11.9 Å². The highest BCUT2D eigenvalue weighted by Gasteiger charge is 2.26. The second kappa shape index (κ2) is 6.72. The monoisotopic (exact) mass is 296 g/mol. The van der Waals surface area contributed by atoms with Gasteiger partial charge in [-0.05, 0) is 43.2 Å². The summed E-state index contributed by atoms with van der Waals surface area (Å²) < 4.78 is 22.9. The topological polar surface area (TPSA) is 54.4 Å². The lowest BCUT2D eigenvalue weighted by atomic mass is 9.79. The van der Waals surface area contributed by atoms with E-state index in [2.05, 4.69) is 12.1 Å².